The average molecular weight is 376 g/mol. The molecule has 0 aliphatic rings. The van der Waals surface area contributed by atoms with E-state index in [2.05, 4.69) is 0 Å². The highest BCUT2D eigenvalue weighted by Crippen LogP contribution is 2.27. The zero-order valence-corrected chi connectivity index (χ0v) is 14.7. The topological polar surface area (TPSA) is 89.9 Å². The van der Waals surface area contributed by atoms with Gasteiger partial charge in [0.15, 0.2) is 5.78 Å². The number of ether oxygens (including phenoxy) is 2. The predicted molar refractivity (Wildman–Crippen MR) is 101 cm³/mol. The van der Waals surface area contributed by atoms with Gasteiger partial charge in [-0.1, -0.05) is 36.4 Å². The number of ketones is 1. The third kappa shape index (κ3) is 4.49. The summed E-state index contributed by atoms with van der Waals surface area (Å²) in [6.45, 7) is -0.751. The maximum atomic E-state index is 12.3. The van der Waals surface area contributed by atoms with Crippen molar-refractivity contribution in [1.29, 1.82) is 0 Å². The molecule has 1 N–H and O–H groups in total. The van der Waals surface area contributed by atoms with Gasteiger partial charge in [0.25, 0.3) is 0 Å². The van der Waals surface area contributed by atoms with Crippen LogP contribution in [0.25, 0.3) is 0 Å². The first-order valence-corrected chi connectivity index (χ1v) is 8.41. The largest absolute Gasteiger partial charge is 0.423 e. The van der Waals surface area contributed by atoms with Gasteiger partial charge in [-0.2, -0.15) is 0 Å². The van der Waals surface area contributed by atoms with Gasteiger partial charge in [-0.3, -0.25) is 4.79 Å². The molecule has 6 heteroatoms. The summed E-state index contributed by atoms with van der Waals surface area (Å²) in [4.78, 5) is 36.5. The lowest BCUT2D eigenvalue weighted by Gasteiger charge is -2.11. The van der Waals surface area contributed by atoms with Crippen LogP contribution in [0.4, 0.5) is 0 Å². The molecule has 0 aromatic heterocycles. The molecule has 6 nitrogen and oxygen atoms in total. The highest BCUT2D eigenvalue weighted by molar-refractivity contribution is 6.01. The van der Waals surface area contributed by atoms with Crippen LogP contribution in [0, 0.1) is 0 Å². The second kappa shape index (κ2) is 8.75. The van der Waals surface area contributed by atoms with E-state index in [0.717, 1.165) is 0 Å². The number of aliphatic hydroxyl groups excluding tert-OH is 1. The van der Waals surface area contributed by atoms with E-state index in [1.165, 1.54) is 18.2 Å². The van der Waals surface area contributed by atoms with E-state index in [9.17, 15) is 14.4 Å². The van der Waals surface area contributed by atoms with Gasteiger partial charge in [0, 0.05) is 6.07 Å². The average Bonchev–Trinajstić information content (AvgIpc) is 2.74. The fourth-order valence-electron chi connectivity index (χ4n) is 2.44. The molecule has 0 aliphatic carbocycles. The maximum absolute atomic E-state index is 12.3. The molecule has 0 spiro atoms. The summed E-state index contributed by atoms with van der Waals surface area (Å²) < 4.78 is 10.6. The Hall–Kier alpha value is -3.77. The van der Waals surface area contributed by atoms with Gasteiger partial charge in [-0.05, 0) is 36.4 Å². The summed E-state index contributed by atoms with van der Waals surface area (Å²) in [5, 5.41) is 9.15. The summed E-state index contributed by atoms with van der Waals surface area (Å²) in [5.74, 6) is -1.91. The molecule has 0 saturated carbocycles. The molecule has 0 amide bonds. The second-order valence-corrected chi connectivity index (χ2v) is 5.75. The Morgan fingerprint density at radius 1 is 0.714 bits per heavy atom. The number of Topliss-reactive ketones (excluding diaryl/α,β-unsaturated/α-hetero) is 1. The number of esters is 2. The van der Waals surface area contributed by atoms with Crippen LogP contribution in [-0.2, 0) is 0 Å². The molecule has 3 rings (SSSR count). The van der Waals surface area contributed by atoms with Crippen molar-refractivity contribution in [1.82, 2.24) is 0 Å². The van der Waals surface area contributed by atoms with Crippen molar-refractivity contribution in [2.75, 3.05) is 6.61 Å². The Balaban J connectivity index is 1.88. The third-order valence-corrected chi connectivity index (χ3v) is 3.83. The number of carbonyl (C=O) groups is 3. The predicted octanol–water partition coefficient (Wildman–Crippen LogP) is 3.30. The van der Waals surface area contributed by atoms with Gasteiger partial charge in [0.2, 0.25) is 0 Å². The lowest BCUT2D eigenvalue weighted by molar-refractivity contribution is 0.0730. The molecule has 140 valence electrons. The van der Waals surface area contributed by atoms with Crippen LogP contribution < -0.4 is 9.47 Å². The van der Waals surface area contributed by atoms with Crippen molar-refractivity contribution in [3.8, 4) is 11.5 Å². The fourth-order valence-corrected chi connectivity index (χ4v) is 2.44. The molecule has 0 unspecified atom stereocenters. The minimum Gasteiger partial charge on any atom is -0.423 e. The van der Waals surface area contributed by atoms with Gasteiger partial charge in [0.1, 0.15) is 18.1 Å². The third-order valence-electron chi connectivity index (χ3n) is 3.83. The van der Waals surface area contributed by atoms with E-state index in [-0.39, 0.29) is 22.6 Å². The van der Waals surface area contributed by atoms with Crippen molar-refractivity contribution < 1.29 is 29.0 Å². The minimum absolute atomic E-state index is 0.00583. The molecule has 0 bridgehead atoms. The first kappa shape index (κ1) is 19.0. The second-order valence-electron chi connectivity index (χ2n) is 5.75. The lowest BCUT2D eigenvalue weighted by Crippen LogP contribution is -2.14. The van der Waals surface area contributed by atoms with Crippen molar-refractivity contribution >= 4 is 17.7 Å². The van der Waals surface area contributed by atoms with Crippen LogP contribution in [0.2, 0.25) is 0 Å². The molecule has 0 heterocycles. The molecule has 0 aliphatic heterocycles. The van der Waals surface area contributed by atoms with Gasteiger partial charge in [0.05, 0.1) is 16.7 Å². The highest BCUT2D eigenvalue weighted by atomic mass is 16.5. The molecular formula is C22H16O6. The van der Waals surface area contributed by atoms with Crippen molar-refractivity contribution in [2.45, 2.75) is 0 Å². The van der Waals surface area contributed by atoms with E-state index in [4.69, 9.17) is 14.6 Å². The van der Waals surface area contributed by atoms with E-state index >= 15 is 0 Å². The van der Waals surface area contributed by atoms with Gasteiger partial charge >= 0.3 is 11.9 Å². The Morgan fingerprint density at radius 3 is 1.79 bits per heavy atom. The lowest BCUT2D eigenvalue weighted by atomic mass is 10.1. The molecule has 0 radical (unpaired) electrons. The van der Waals surface area contributed by atoms with E-state index in [1.54, 1.807) is 60.7 Å². The number of aliphatic hydroxyl groups is 1. The van der Waals surface area contributed by atoms with Crippen LogP contribution in [0.3, 0.4) is 0 Å². The zero-order valence-electron chi connectivity index (χ0n) is 14.7. The van der Waals surface area contributed by atoms with E-state index in [1.807, 2.05) is 0 Å². The number of carbonyl (C=O) groups excluding carboxylic acids is 3. The summed E-state index contributed by atoms with van der Waals surface area (Å²) >= 11 is 0. The molecule has 0 atom stereocenters. The number of hydrogen-bond donors (Lipinski definition) is 1. The number of rotatable bonds is 6. The van der Waals surface area contributed by atoms with Crippen LogP contribution >= 0.6 is 0 Å². The Kier molecular flexibility index (Phi) is 5.94. The minimum atomic E-state index is -0.751. The standard InChI is InChI=1S/C22H16O6/c23-14-19(24)18-12-11-17(27-21(25)15-7-3-1-4-8-15)13-20(18)28-22(26)16-9-5-2-6-10-16/h1-13,23H,14H2. The molecular weight excluding hydrogens is 360 g/mol. The quantitative estimate of drug-likeness (QED) is 0.403. The molecule has 3 aromatic carbocycles. The van der Waals surface area contributed by atoms with Crippen molar-refractivity contribution in [3.63, 3.8) is 0 Å². The van der Waals surface area contributed by atoms with Crippen LogP contribution in [0.15, 0.2) is 78.9 Å². The first-order valence-electron chi connectivity index (χ1n) is 8.41. The Morgan fingerprint density at radius 2 is 1.25 bits per heavy atom. The van der Waals surface area contributed by atoms with E-state index in [0.29, 0.717) is 5.56 Å². The van der Waals surface area contributed by atoms with Crippen LogP contribution in [-0.4, -0.2) is 29.4 Å². The van der Waals surface area contributed by atoms with Gasteiger partial charge in [-0.15, -0.1) is 0 Å². The summed E-state index contributed by atoms with van der Waals surface area (Å²) in [5.41, 5.74) is 0.642. The Labute approximate surface area is 161 Å². The number of benzene rings is 3. The molecule has 28 heavy (non-hydrogen) atoms. The van der Waals surface area contributed by atoms with E-state index < -0.39 is 24.3 Å². The molecule has 0 fully saturated rings. The first-order chi connectivity index (χ1) is 13.6. The molecule has 0 saturated heterocycles. The maximum Gasteiger partial charge on any atom is 0.343 e. The van der Waals surface area contributed by atoms with Crippen LogP contribution in [0.1, 0.15) is 31.1 Å². The normalized spacial score (nSPS) is 10.2. The molecule has 3 aromatic rings. The summed E-state index contributed by atoms with van der Waals surface area (Å²) in [6, 6.07) is 20.6. The smallest absolute Gasteiger partial charge is 0.343 e. The Bertz CT molecular complexity index is 996. The van der Waals surface area contributed by atoms with Crippen molar-refractivity contribution in [2.24, 2.45) is 0 Å². The summed E-state index contributed by atoms with van der Waals surface area (Å²) in [7, 11) is 0. The number of hydrogen-bond acceptors (Lipinski definition) is 6. The highest BCUT2D eigenvalue weighted by Gasteiger charge is 2.18. The monoisotopic (exact) mass is 376 g/mol. The van der Waals surface area contributed by atoms with Crippen molar-refractivity contribution in [3.05, 3.63) is 95.6 Å². The van der Waals surface area contributed by atoms with Gasteiger partial charge < -0.3 is 14.6 Å². The van der Waals surface area contributed by atoms with Crippen LogP contribution in [0.5, 0.6) is 11.5 Å². The zero-order chi connectivity index (χ0) is 19.9. The SMILES string of the molecule is O=C(Oc1ccc(C(=O)CO)c(OC(=O)c2ccccc2)c1)c1ccccc1. The van der Waals surface area contributed by atoms with Gasteiger partial charge in [-0.25, -0.2) is 9.59 Å². The fraction of sp³-hybridized carbons (Fsp3) is 0.0455. The summed E-state index contributed by atoms with van der Waals surface area (Å²) in [6.07, 6.45) is 0.